The van der Waals surface area contributed by atoms with Crippen molar-refractivity contribution >= 4 is 27.6 Å². The number of hydrogen-bond acceptors (Lipinski definition) is 6. The number of β-amino-alcohol motifs (C(OH)–C–C–N with tert-alkyl or cyclic N) is 1. The third kappa shape index (κ3) is 7.85. The standard InChI is InChI=1S/C35H41ClN4O3S/c1-23(2)16-30-28(21-40(22-32(30)41)20-26-12-6-5-7-13-26)17-27-14-9-15-29(18-27)44(42,43)39-35-37-31(19-33(36)38-35)34-24(3)10-8-11-25(34)4/h5-15,18-19,23,28,30,32,41H,16-17,20-22H2,1-4H3,(H,37,38,39). The van der Waals surface area contributed by atoms with Gasteiger partial charge < -0.3 is 5.11 Å². The van der Waals surface area contributed by atoms with E-state index < -0.39 is 16.1 Å². The molecule has 1 saturated heterocycles. The molecule has 3 atom stereocenters. The molecule has 0 spiro atoms. The van der Waals surface area contributed by atoms with Crippen molar-refractivity contribution in [3.63, 3.8) is 0 Å². The molecule has 3 unspecified atom stereocenters. The van der Waals surface area contributed by atoms with Crippen LogP contribution in [0.1, 0.15) is 42.5 Å². The Balaban J connectivity index is 1.37. The summed E-state index contributed by atoms with van der Waals surface area (Å²) in [5, 5.41) is 11.4. The van der Waals surface area contributed by atoms with Crippen molar-refractivity contribution in [3.05, 3.63) is 106 Å². The van der Waals surface area contributed by atoms with Crippen LogP contribution < -0.4 is 4.72 Å². The van der Waals surface area contributed by atoms with E-state index >= 15 is 0 Å². The average Bonchev–Trinajstić information content (AvgIpc) is 2.95. The highest BCUT2D eigenvalue weighted by Crippen LogP contribution is 2.34. The summed E-state index contributed by atoms with van der Waals surface area (Å²) in [6.45, 7) is 10.5. The molecule has 9 heteroatoms. The number of nitrogens with zero attached hydrogens (tertiary/aromatic N) is 3. The minimum atomic E-state index is -4.00. The van der Waals surface area contributed by atoms with Crippen molar-refractivity contribution in [2.45, 2.75) is 58.1 Å². The van der Waals surface area contributed by atoms with Crippen LogP contribution in [0.2, 0.25) is 5.15 Å². The van der Waals surface area contributed by atoms with Gasteiger partial charge in [0.25, 0.3) is 10.0 Å². The molecular weight excluding hydrogens is 592 g/mol. The number of aliphatic hydroxyl groups excluding tert-OH is 1. The lowest BCUT2D eigenvalue weighted by molar-refractivity contribution is -0.0262. The number of hydrogen-bond donors (Lipinski definition) is 2. The summed E-state index contributed by atoms with van der Waals surface area (Å²) in [4.78, 5) is 11.1. The fourth-order valence-corrected chi connectivity index (χ4v) is 7.66. The lowest BCUT2D eigenvalue weighted by atomic mass is 9.75. The van der Waals surface area contributed by atoms with Crippen molar-refractivity contribution in [2.24, 2.45) is 17.8 Å². The van der Waals surface area contributed by atoms with E-state index in [-0.39, 0.29) is 27.8 Å². The molecule has 7 nitrogen and oxygen atoms in total. The molecule has 3 aromatic carbocycles. The van der Waals surface area contributed by atoms with E-state index in [4.69, 9.17) is 11.6 Å². The van der Waals surface area contributed by atoms with Crippen molar-refractivity contribution in [1.82, 2.24) is 14.9 Å². The minimum Gasteiger partial charge on any atom is -0.391 e. The highest BCUT2D eigenvalue weighted by atomic mass is 35.5. The molecule has 232 valence electrons. The second-order valence-corrected chi connectivity index (χ2v) is 14.5. The number of piperidine rings is 1. The van der Waals surface area contributed by atoms with E-state index in [1.807, 2.05) is 56.3 Å². The van der Waals surface area contributed by atoms with Crippen LogP contribution >= 0.6 is 11.6 Å². The minimum absolute atomic E-state index is 0.0792. The molecule has 5 rings (SSSR count). The zero-order valence-electron chi connectivity index (χ0n) is 25.7. The van der Waals surface area contributed by atoms with E-state index in [0.717, 1.165) is 41.8 Å². The summed E-state index contributed by atoms with van der Waals surface area (Å²) in [6, 6.07) is 24.9. The Hall–Kier alpha value is -3.30. The number of rotatable bonds is 10. The molecule has 1 fully saturated rings. The SMILES string of the molecule is Cc1cccc(C)c1-c1cc(Cl)nc(NS(=O)(=O)c2cccc(CC3CN(Cc4ccccc4)CC(O)C3CC(C)C)c2)n1. The Morgan fingerprint density at radius 3 is 2.32 bits per heavy atom. The number of aliphatic hydroxyl groups is 1. The maximum atomic E-state index is 13.6. The van der Waals surface area contributed by atoms with Crippen LogP contribution in [-0.4, -0.2) is 47.6 Å². The van der Waals surface area contributed by atoms with Gasteiger partial charge in [0.05, 0.1) is 16.7 Å². The van der Waals surface area contributed by atoms with E-state index in [0.29, 0.717) is 24.6 Å². The third-order valence-corrected chi connectivity index (χ3v) is 9.91. The fourth-order valence-electron chi connectivity index (χ4n) is 6.47. The van der Waals surface area contributed by atoms with Crippen LogP contribution in [0.4, 0.5) is 5.95 Å². The summed E-state index contributed by atoms with van der Waals surface area (Å²) in [6.07, 6.45) is 1.13. The van der Waals surface area contributed by atoms with Gasteiger partial charge in [-0.2, -0.15) is 0 Å². The largest absolute Gasteiger partial charge is 0.391 e. The molecule has 0 aliphatic carbocycles. The topological polar surface area (TPSA) is 95.4 Å². The highest BCUT2D eigenvalue weighted by Gasteiger charge is 2.36. The molecule has 4 aromatic rings. The van der Waals surface area contributed by atoms with Gasteiger partial charge in [0, 0.05) is 31.3 Å². The van der Waals surface area contributed by atoms with Gasteiger partial charge in [-0.05, 0) is 78.8 Å². The Morgan fingerprint density at radius 1 is 0.932 bits per heavy atom. The van der Waals surface area contributed by atoms with Gasteiger partial charge in [-0.3, -0.25) is 4.90 Å². The molecular formula is C35H41ClN4O3S. The zero-order valence-corrected chi connectivity index (χ0v) is 27.3. The first-order chi connectivity index (χ1) is 21.0. The predicted octanol–water partition coefficient (Wildman–Crippen LogP) is 6.91. The van der Waals surface area contributed by atoms with Crippen molar-refractivity contribution < 1.29 is 13.5 Å². The van der Waals surface area contributed by atoms with Gasteiger partial charge in [-0.15, -0.1) is 0 Å². The maximum Gasteiger partial charge on any atom is 0.264 e. The normalized spacial score (nSPS) is 19.3. The monoisotopic (exact) mass is 632 g/mol. The van der Waals surface area contributed by atoms with Gasteiger partial charge in [0.15, 0.2) is 0 Å². The van der Waals surface area contributed by atoms with E-state index in [9.17, 15) is 13.5 Å². The number of anilines is 1. The maximum absolute atomic E-state index is 13.6. The van der Waals surface area contributed by atoms with Gasteiger partial charge in [0.2, 0.25) is 5.95 Å². The molecule has 1 aromatic heterocycles. The van der Waals surface area contributed by atoms with Crippen LogP contribution in [0.3, 0.4) is 0 Å². The number of sulfonamides is 1. The summed E-state index contributed by atoms with van der Waals surface area (Å²) in [7, 11) is -4.00. The smallest absolute Gasteiger partial charge is 0.264 e. The Bertz CT molecular complexity index is 1680. The summed E-state index contributed by atoms with van der Waals surface area (Å²) >= 11 is 6.33. The third-order valence-electron chi connectivity index (χ3n) is 8.39. The number of aromatic nitrogens is 2. The first-order valence-electron chi connectivity index (χ1n) is 15.2. The average molecular weight is 633 g/mol. The Kier molecular flexibility index (Phi) is 10.1. The van der Waals surface area contributed by atoms with Crippen LogP contribution in [0, 0.1) is 31.6 Å². The molecule has 1 aliphatic rings. The molecule has 0 amide bonds. The number of nitrogens with one attached hydrogen (secondary N) is 1. The van der Waals surface area contributed by atoms with E-state index in [1.165, 1.54) is 5.56 Å². The molecule has 0 bridgehead atoms. The predicted molar refractivity (Wildman–Crippen MR) is 177 cm³/mol. The van der Waals surface area contributed by atoms with E-state index in [2.05, 4.69) is 45.6 Å². The lowest BCUT2D eigenvalue weighted by Crippen LogP contribution is -2.50. The van der Waals surface area contributed by atoms with Gasteiger partial charge in [0.1, 0.15) is 5.15 Å². The molecule has 44 heavy (non-hydrogen) atoms. The van der Waals surface area contributed by atoms with Gasteiger partial charge in [-0.1, -0.05) is 86.1 Å². The highest BCUT2D eigenvalue weighted by molar-refractivity contribution is 7.92. The van der Waals surface area contributed by atoms with Crippen molar-refractivity contribution in [2.75, 3.05) is 17.8 Å². The summed E-state index contributed by atoms with van der Waals surface area (Å²) in [5.41, 5.74) is 5.58. The van der Waals surface area contributed by atoms with Gasteiger partial charge in [-0.25, -0.2) is 23.1 Å². The Labute approximate surface area is 266 Å². The van der Waals surface area contributed by atoms with Crippen LogP contribution in [-0.2, 0) is 23.0 Å². The number of halogens is 1. The summed E-state index contributed by atoms with van der Waals surface area (Å²) in [5.74, 6) is 0.667. The first-order valence-corrected chi connectivity index (χ1v) is 17.0. The molecule has 0 saturated carbocycles. The molecule has 2 heterocycles. The van der Waals surface area contributed by atoms with Crippen LogP contribution in [0.25, 0.3) is 11.3 Å². The molecule has 0 radical (unpaired) electrons. The van der Waals surface area contributed by atoms with E-state index in [1.54, 1.807) is 24.3 Å². The first kappa shape index (κ1) is 32.1. The second-order valence-electron chi connectivity index (χ2n) is 12.4. The molecule has 2 N–H and O–H groups in total. The summed E-state index contributed by atoms with van der Waals surface area (Å²) < 4.78 is 29.7. The Morgan fingerprint density at radius 2 is 1.61 bits per heavy atom. The number of benzene rings is 3. The van der Waals surface area contributed by atoms with Gasteiger partial charge >= 0.3 is 0 Å². The quantitative estimate of drug-likeness (QED) is 0.184. The fraction of sp³-hybridized carbons (Fsp3) is 0.371. The lowest BCUT2D eigenvalue weighted by Gasteiger charge is -2.43. The second kappa shape index (κ2) is 13.8. The number of aryl methyl sites for hydroxylation is 2. The molecule has 1 aliphatic heterocycles. The zero-order chi connectivity index (χ0) is 31.4. The van der Waals surface area contributed by atoms with Crippen LogP contribution in [0.15, 0.2) is 83.8 Å². The van der Waals surface area contributed by atoms with Crippen LogP contribution in [0.5, 0.6) is 0 Å². The van der Waals surface area contributed by atoms with Crippen molar-refractivity contribution in [1.29, 1.82) is 0 Å². The number of likely N-dealkylation sites (tertiary alicyclic amines) is 1. The van der Waals surface area contributed by atoms with Crippen molar-refractivity contribution in [3.8, 4) is 11.3 Å².